The zero-order chi connectivity index (χ0) is 65.4. The van der Waals surface area contributed by atoms with E-state index in [2.05, 4.69) is 96.1 Å². The lowest BCUT2D eigenvalue weighted by Crippen LogP contribution is -2.60. The van der Waals surface area contributed by atoms with Crippen molar-refractivity contribution in [2.24, 2.45) is 17.8 Å². The van der Waals surface area contributed by atoms with E-state index in [0.29, 0.717) is 12.8 Å². The van der Waals surface area contributed by atoms with Crippen LogP contribution in [0.15, 0.2) is 54.6 Å². The summed E-state index contributed by atoms with van der Waals surface area (Å²) in [5.74, 6) is -3.29. The number of benzene rings is 3. The number of likely N-dealkylation sites (N-methyl/N-ethyl adjacent to an activating group) is 1. The summed E-state index contributed by atoms with van der Waals surface area (Å²) in [5.41, 5.74) is 2.96. The fraction of sp³-hybridized carbons (Fsp3) is 0.722. The SMILES string of the molecule is CC[C@H]1OC(=O)[C@H](C)[C@@H](O[C@H]2C[C@@](C)(OC)[C@@H](O)[C@H](C)O2)[C@H](C)[C@@H](O[C@@H]2O[C@H](C)C[C@H](N(C)C)[C@H]2O)[C@](C)(O)C[C@@H](C)CN(C(=O)CCCCCCCCCC[P+](c2cc(C)cc(C)c2)(c2cc(C)cc(C)c2)c2cc(C)cc(C)c2)[C@H](C)[C@@H](O)[C@]1(C)O. The number of cyclic esters (lactones) is 1. The molecule has 496 valence electrons. The van der Waals surface area contributed by atoms with Crippen molar-refractivity contribution in [2.75, 3.05) is 33.9 Å². The van der Waals surface area contributed by atoms with Gasteiger partial charge in [-0.25, -0.2) is 0 Å². The van der Waals surface area contributed by atoms with Crippen LogP contribution in [0.3, 0.4) is 0 Å². The van der Waals surface area contributed by atoms with E-state index in [0.717, 1.165) is 51.1 Å². The van der Waals surface area contributed by atoms with E-state index in [1.807, 2.05) is 39.8 Å². The normalized spacial score (nSPS) is 34.1. The van der Waals surface area contributed by atoms with Gasteiger partial charge >= 0.3 is 5.97 Å². The molecule has 0 aromatic heterocycles. The maximum atomic E-state index is 14.8. The van der Waals surface area contributed by atoms with Crippen molar-refractivity contribution >= 4 is 35.1 Å². The third-order valence-electron chi connectivity index (χ3n) is 19.8. The summed E-state index contributed by atoms with van der Waals surface area (Å²) in [7, 11) is 3.24. The fourth-order valence-corrected chi connectivity index (χ4v) is 19.9. The van der Waals surface area contributed by atoms with Gasteiger partial charge in [-0.1, -0.05) is 71.1 Å². The Hall–Kier alpha value is -3.41. The number of aliphatic hydroxyl groups excluding tert-OH is 3. The van der Waals surface area contributed by atoms with E-state index < -0.39 is 109 Å². The lowest BCUT2D eigenvalue weighted by atomic mass is 9.77. The summed E-state index contributed by atoms with van der Waals surface area (Å²) in [4.78, 5) is 33.1. The van der Waals surface area contributed by atoms with Gasteiger partial charge in [-0.15, -0.1) is 0 Å². The van der Waals surface area contributed by atoms with Crippen LogP contribution in [0, 0.1) is 59.3 Å². The van der Waals surface area contributed by atoms with Gasteiger partial charge in [0.05, 0.1) is 53.7 Å². The number of rotatable bonds is 21. The second-order valence-electron chi connectivity index (χ2n) is 28.4. The van der Waals surface area contributed by atoms with E-state index >= 15 is 0 Å². The molecule has 3 heterocycles. The molecule has 15 nitrogen and oxygen atoms in total. The summed E-state index contributed by atoms with van der Waals surface area (Å²) in [6.07, 6.45) is -0.240. The van der Waals surface area contributed by atoms with Gasteiger partial charge < -0.3 is 63.8 Å². The van der Waals surface area contributed by atoms with Crippen molar-refractivity contribution in [1.82, 2.24) is 9.80 Å². The highest BCUT2D eigenvalue weighted by Crippen LogP contribution is 2.57. The summed E-state index contributed by atoms with van der Waals surface area (Å²) in [5, 5.41) is 65.2. The molecule has 3 fully saturated rings. The molecule has 1 amide bonds. The number of amides is 1. The molecule has 3 aliphatic heterocycles. The van der Waals surface area contributed by atoms with E-state index in [4.69, 9.17) is 28.4 Å². The Morgan fingerprint density at radius 1 is 0.693 bits per heavy atom. The van der Waals surface area contributed by atoms with Crippen molar-refractivity contribution in [3.05, 3.63) is 88.0 Å². The Morgan fingerprint density at radius 3 is 1.66 bits per heavy atom. The molecule has 0 bridgehead atoms. The minimum Gasteiger partial charge on any atom is -0.459 e. The molecule has 3 aliphatic rings. The monoisotopic (exact) mass is 1250 g/mol. The maximum absolute atomic E-state index is 14.8. The number of hydrogen-bond acceptors (Lipinski definition) is 14. The maximum Gasteiger partial charge on any atom is 0.311 e. The van der Waals surface area contributed by atoms with Gasteiger partial charge in [-0.3, -0.25) is 9.59 Å². The minimum atomic E-state index is -2.03. The summed E-state index contributed by atoms with van der Waals surface area (Å²) < 4.78 is 38.4. The quantitative estimate of drug-likeness (QED) is 0.0384. The number of carbonyl (C=O) groups is 2. The van der Waals surface area contributed by atoms with Gasteiger partial charge in [-0.05, 0) is 218 Å². The third kappa shape index (κ3) is 17.8. The average Bonchev–Trinajstić information content (AvgIpc) is 1.87. The fourth-order valence-electron chi connectivity index (χ4n) is 15.0. The molecule has 18 atom stereocenters. The molecule has 0 unspecified atom stereocenters. The number of unbranched alkanes of at least 4 members (excludes halogenated alkanes) is 7. The standard InChI is InChI=1S/C72H116N2O13P/c1-20-60-72(16,81)65(77)54(12)74(61(75)29-27-25-23-21-22-24-26-28-30-88(56-34-44(2)31-45(3)35-56,57-36-46(4)32-47(5)37-57)58-38-48(6)33-49(7)39-58)43-50(8)41-70(14,80)67(87-69-63(76)59(73(17)18)40-51(9)83-69)52(10)64(53(11)68(79)85-60)86-62-42-71(15,82-19)66(78)55(13)84-62/h31-39,50-55,59-60,62-67,69,76-78,80-81H,20-30,40-43H2,1-19H3/q+1/t50-,51-,52+,53-,54-,55+,59+,60-,62+,63-,64+,65-,66+,67-,69+,70-,71-,72-/m1/s1. The molecule has 0 aliphatic carbocycles. The molecule has 88 heavy (non-hydrogen) atoms. The number of aliphatic hydroxyl groups is 5. The topological polar surface area (TPSA) is 197 Å². The van der Waals surface area contributed by atoms with Crippen LogP contribution in [-0.2, 0) is 38.0 Å². The van der Waals surface area contributed by atoms with Crippen LogP contribution >= 0.6 is 7.26 Å². The Bertz CT molecular complexity index is 2550. The zero-order valence-corrected chi connectivity index (χ0v) is 58.2. The first-order valence-electron chi connectivity index (χ1n) is 33.2. The van der Waals surface area contributed by atoms with Gasteiger partial charge in [0.1, 0.15) is 53.2 Å². The van der Waals surface area contributed by atoms with Gasteiger partial charge in [0.25, 0.3) is 0 Å². The van der Waals surface area contributed by atoms with E-state index in [1.165, 1.54) is 63.3 Å². The molecule has 16 heteroatoms. The van der Waals surface area contributed by atoms with Crippen molar-refractivity contribution < 1.29 is 63.5 Å². The molecular weight excluding hydrogens is 1130 g/mol. The van der Waals surface area contributed by atoms with Gasteiger partial charge in [0.2, 0.25) is 5.91 Å². The van der Waals surface area contributed by atoms with Gasteiger partial charge in [-0.2, -0.15) is 0 Å². The summed E-state index contributed by atoms with van der Waals surface area (Å²) in [6.45, 7) is 30.8. The van der Waals surface area contributed by atoms with Crippen LogP contribution < -0.4 is 15.9 Å². The number of hydrogen-bond donors (Lipinski definition) is 5. The molecule has 0 spiro atoms. The lowest BCUT2D eigenvalue weighted by molar-refractivity contribution is -0.318. The molecule has 0 radical (unpaired) electrons. The van der Waals surface area contributed by atoms with Crippen LogP contribution in [0.1, 0.15) is 186 Å². The lowest BCUT2D eigenvalue weighted by Gasteiger charge is -2.48. The number of ether oxygens (including phenoxy) is 6. The minimum absolute atomic E-state index is 0.0695. The van der Waals surface area contributed by atoms with Crippen LogP contribution in [0.25, 0.3) is 0 Å². The van der Waals surface area contributed by atoms with Crippen molar-refractivity contribution in [1.29, 1.82) is 0 Å². The molecule has 0 saturated carbocycles. The number of methoxy groups -OCH3 is 1. The Morgan fingerprint density at radius 2 is 1.18 bits per heavy atom. The highest BCUT2D eigenvalue weighted by Gasteiger charge is 2.54. The number of esters is 1. The average molecular weight is 1250 g/mol. The second-order valence-corrected chi connectivity index (χ2v) is 32.0. The molecule has 6 rings (SSSR count). The number of aryl methyl sites for hydroxylation is 6. The predicted octanol–water partition coefficient (Wildman–Crippen LogP) is 10.2. The summed E-state index contributed by atoms with van der Waals surface area (Å²) in [6, 6.07) is 20.3. The molecule has 5 N–H and O–H groups in total. The van der Waals surface area contributed by atoms with Crippen LogP contribution in [0.4, 0.5) is 0 Å². The predicted molar refractivity (Wildman–Crippen MR) is 353 cm³/mol. The first kappa shape index (κ1) is 73.6. The molecule has 3 aromatic carbocycles. The van der Waals surface area contributed by atoms with Crippen molar-refractivity contribution in [3.63, 3.8) is 0 Å². The van der Waals surface area contributed by atoms with E-state index in [9.17, 15) is 35.1 Å². The highest BCUT2D eigenvalue weighted by molar-refractivity contribution is 7.95. The van der Waals surface area contributed by atoms with Crippen molar-refractivity contribution in [2.45, 2.75) is 285 Å². The Kier molecular flexibility index (Phi) is 26.3. The first-order valence-corrected chi connectivity index (χ1v) is 35.1. The molecule has 3 aromatic rings. The van der Waals surface area contributed by atoms with Crippen LogP contribution in [0.5, 0.6) is 0 Å². The largest absolute Gasteiger partial charge is 0.459 e. The summed E-state index contributed by atoms with van der Waals surface area (Å²) >= 11 is 0. The van der Waals surface area contributed by atoms with Gasteiger partial charge in [0.15, 0.2) is 12.6 Å². The van der Waals surface area contributed by atoms with Crippen LogP contribution in [-0.4, -0.2) is 171 Å². The number of nitrogens with zero attached hydrogens (tertiary/aromatic N) is 2. The number of carbonyl (C=O) groups excluding carboxylic acids is 2. The highest BCUT2D eigenvalue weighted by atomic mass is 31.2. The third-order valence-corrected chi connectivity index (χ3v) is 24.2. The molecule has 3 saturated heterocycles. The van der Waals surface area contributed by atoms with Gasteiger partial charge in [0, 0.05) is 38.5 Å². The van der Waals surface area contributed by atoms with E-state index in [1.54, 1.807) is 46.4 Å². The van der Waals surface area contributed by atoms with E-state index in [-0.39, 0.29) is 50.3 Å². The first-order chi connectivity index (χ1) is 41.2. The van der Waals surface area contributed by atoms with Crippen molar-refractivity contribution in [3.8, 4) is 0 Å². The molecular formula is C72H116N2O13P+. The Balaban J connectivity index is 1.19. The van der Waals surface area contributed by atoms with Crippen LogP contribution in [0.2, 0.25) is 0 Å². The Labute approximate surface area is 530 Å². The zero-order valence-electron chi connectivity index (χ0n) is 57.3. The smallest absolute Gasteiger partial charge is 0.311 e. The second kappa shape index (κ2) is 31.5.